The van der Waals surface area contributed by atoms with Gasteiger partial charge in [-0.2, -0.15) is 0 Å². The van der Waals surface area contributed by atoms with E-state index < -0.39 is 0 Å². The van der Waals surface area contributed by atoms with E-state index in [9.17, 15) is 0 Å². The maximum atomic E-state index is 5.58. The lowest BCUT2D eigenvalue weighted by Crippen LogP contribution is -2.52. The van der Waals surface area contributed by atoms with E-state index in [1.807, 2.05) is 7.05 Å². The molecule has 2 rings (SSSR count). The minimum absolute atomic E-state index is 0.130. The van der Waals surface area contributed by atoms with Gasteiger partial charge in [-0.15, -0.1) is 0 Å². The van der Waals surface area contributed by atoms with Crippen LogP contribution >= 0.6 is 0 Å². The maximum Gasteiger partial charge on any atom is 0.0645 e. The molecule has 0 unspecified atom stereocenters. The fraction of sp³-hybridized carbons (Fsp3) is 0.600. The lowest BCUT2D eigenvalue weighted by Gasteiger charge is -2.42. The molecule has 1 aliphatic heterocycles. The first-order valence-corrected chi connectivity index (χ1v) is 6.67. The van der Waals surface area contributed by atoms with E-state index in [0.29, 0.717) is 0 Å². The van der Waals surface area contributed by atoms with Crippen LogP contribution in [0.2, 0.25) is 0 Å². The molecule has 0 bridgehead atoms. The second kappa shape index (κ2) is 5.83. The average Bonchev–Trinajstić information content (AvgIpc) is 2.34. The van der Waals surface area contributed by atoms with Crippen molar-refractivity contribution in [3.63, 3.8) is 0 Å². The normalized spacial score (nSPS) is 19.9. The van der Waals surface area contributed by atoms with Crippen LogP contribution in [0.25, 0.3) is 0 Å². The van der Waals surface area contributed by atoms with Crippen LogP contribution in [0.4, 0.5) is 0 Å². The number of nitrogens with one attached hydrogen (secondary N) is 1. The highest BCUT2D eigenvalue weighted by atomic mass is 16.5. The Morgan fingerprint density at radius 1 is 1.28 bits per heavy atom. The Bertz CT molecular complexity index is 390. The smallest absolute Gasteiger partial charge is 0.0645 e. The van der Waals surface area contributed by atoms with Gasteiger partial charge in [-0.1, -0.05) is 24.3 Å². The lowest BCUT2D eigenvalue weighted by atomic mass is 9.99. The van der Waals surface area contributed by atoms with Crippen molar-refractivity contribution in [2.24, 2.45) is 0 Å². The lowest BCUT2D eigenvalue weighted by molar-refractivity contribution is -0.0553. The number of nitrogens with zero attached hydrogens (tertiary/aromatic N) is 1. The molecule has 0 atom stereocenters. The van der Waals surface area contributed by atoms with Crippen molar-refractivity contribution in [2.75, 3.05) is 26.8 Å². The van der Waals surface area contributed by atoms with Gasteiger partial charge < -0.3 is 10.1 Å². The van der Waals surface area contributed by atoms with Gasteiger partial charge in [-0.25, -0.2) is 0 Å². The average molecular weight is 248 g/mol. The number of hydrogen-bond acceptors (Lipinski definition) is 3. The quantitative estimate of drug-likeness (QED) is 0.882. The van der Waals surface area contributed by atoms with Crippen molar-refractivity contribution in [1.29, 1.82) is 0 Å². The molecule has 0 saturated carbocycles. The Kier molecular flexibility index (Phi) is 4.38. The maximum absolute atomic E-state index is 5.58. The zero-order valence-corrected chi connectivity index (χ0v) is 11.7. The zero-order valence-electron chi connectivity index (χ0n) is 11.7. The highest BCUT2D eigenvalue weighted by Crippen LogP contribution is 2.22. The molecule has 0 radical (unpaired) electrons. The van der Waals surface area contributed by atoms with Crippen LogP contribution in [0, 0.1) is 0 Å². The number of benzene rings is 1. The summed E-state index contributed by atoms with van der Waals surface area (Å²) in [7, 11) is 2.00. The van der Waals surface area contributed by atoms with E-state index in [0.717, 1.165) is 32.8 Å². The summed E-state index contributed by atoms with van der Waals surface area (Å²) in [5, 5.41) is 3.24. The Hall–Kier alpha value is -0.900. The van der Waals surface area contributed by atoms with Crippen molar-refractivity contribution in [1.82, 2.24) is 10.2 Å². The second-order valence-electron chi connectivity index (χ2n) is 5.59. The van der Waals surface area contributed by atoms with Crippen LogP contribution in [0.3, 0.4) is 0 Å². The Labute approximate surface area is 110 Å². The van der Waals surface area contributed by atoms with E-state index in [2.05, 4.69) is 48.3 Å². The molecule has 0 aliphatic carbocycles. The minimum Gasteiger partial charge on any atom is -0.378 e. The fourth-order valence-corrected chi connectivity index (χ4v) is 2.46. The molecule has 1 heterocycles. The second-order valence-corrected chi connectivity index (χ2v) is 5.59. The molecule has 0 amide bonds. The predicted molar refractivity (Wildman–Crippen MR) is 74.5 cm³/mol. The molecule has 1 aliphatic rings. The van der Waals surface area contributed by atoms with Gasteiger partial charge in [0.25, 0.3) is 0 Å². The number of ether oxygens (including phenoxy) is 1. The van der Waals surface area contributed by atoms with Crippen LogP contribution in [-0.4, -0.2) is 37.2 Å². The SMILES string of the molecule is CNCc1ccccc1CN1CCOCC1(C)C. The van der Waals surface area contributed by atoms with Gasteiger partial charge in [0.05, 0.1) is 13.2 Å². The topological polar surface area (TPSA) is 24.5 Å². The summed E-state index contributed by atoms with van der Waals surface area (Å²) in [5.41, 5.74) is 2.94. The highest BCUT2D eigenvalue weighted by molar-refractivity contribution is 5.27. The fourth-order valence-electron chi connectivity index (χ4n) is 2.46. The summed E-state index contributed by atoms with van der Waals surface area (Å²) in [4.78, 5) is 2.52. The van der Waals surface area contributed by atoms with Gasteiger partial charge in [-0.3, -0.25) is 4.90 Å². The van der Waals surface area contributed by atoms with E-state index in [1.165, 1.54) is 11.1 Å². The third-order valence-electron chi connectivity index (χ3n) is 3.66. The van der Waals surface area contributed by atoms with E-state index >= 15 is 0 Å². The van der Waals surface area contributed by atoms with Gasteiger partial charge in [-0.05, 0) is 32.0 Å². The third kappa shape index (κ3) is 3.10. The number of hydrogen-bond donors (Lipinski definition) is 1. The first kappa shape index (κ1) is 13.5. The molecule has 1 saturated heterocycles. The molecule has 3 nitrogen and oxygen atoms in total. The molecule has 3 heteroatoms. The summed E-state index contributed by atoms with van der Waals surface area (Å²) >= 11 is 0. The summed E-state index contributed by atoms with van der Waals surface area (Å²) < 4.78 is 5.58. The molecule has 1 aromatic rings. The molecule has 100 valence electrons. The summed E-state index contributed by atoms with van der Waals surface area (Å²) in [6, 6.07) is 8.68. The Morgan fingerprint density at radius 3 is 2.67 bits per heavy atom. The van der Waals surface area contributed by atoms with Gasteiger partial charge in [0.2, 0.25) is 0 Å². The van der Waals surface area contributed by atoms with Crippen LogP contribution in [0.5, 0.6) is 0 Å². The molecular formula is C15H24N2O. The van der Waals surface area contributed by atoms with Gasteiger partial charge >= 0.3 is 0 Å². The van der Waals surface area contributed by atoms with Crippen molar-refractivity contribution in [2.45, 2.75) is 32.5 Å². The van der Waals surface area contributed by atoms with Crippen molar-refractivity contribution in [3.05, 3.63) is 35.4 Å². The molecule has 0 spiro atoms. The first-order valence-electron chi connectivity index (χ1n) is 6.67. The van der Waals surface area contributed by atoms with Gasteiger partial charge in [0, 0.05) is 25.2 Å². The van der Waals surface area contributed by atoms with Crippen LogP contribution in [-0.2, 0) is 17.8 Å². The number of rotatable bonds is 4. The van der Waals surface area contributed by atoms with Crippen LogP contribution < -0.4 is 5.32 Å². The standard InChI is InChI=1S/C15H24N2O/c1-15(2)12-18-9-8-17(15)11-14-7-5-4-6-13(14)10-16-3/h4-7,16H,8-12H2,1-3H3. The van der Waals surface area contributed by atoms with Crippen LogP contribution in [0.1, 0.15) is 25.0 Å². The molecular weight excluding hydrogens is 224 g/mol. The van der Waals surface area contributed by atoms with Crippen molar-refractivity contribution >= 4 is 0 Å². The zero-order chi connectivity index (χ0) is 13.0. The molecule has 1 N–H and O–H groups in total. The van der Waals surface area contributed by atoms with Crippen LogP contribution in [0.15, 0.2) is 24.3 Å². The first-order chi connectivity index (χ1) is 8.63. The van der Waals surface area contributed by atoms with E-state index in [1.54, 1.807) is 0 Å². The molecule has 1 fully saturated rings. The Balaban J connectivity index is 2.12. The highest BCUT2D eigenvalue weighted by Gasteiger charge is 2.30. The molecule has 0 aromatic heterocycles. The van der Waals surface area contributed by atoms with E-state index in [4.69, 9.17) is 4.74 Å². The van der Waals surface area contributed by atoms with Gasteiger partial charge in [0.1, 0.15) is 0 Å². The monoisotopic (exact) mass is 248 g/mol. The third-order valence-corrected chi connectivity index (χ3v) is 3.66. The summed E-state index contributed by atoms with van der Waals surface area (Å²) in [6.07, 6.45) is 0. The molecule has 1 aromatic carbocycles. The van der Waals surface area contributed by atoms with Crippen molar-refractivity contribution < 1.29 is 4.74 Å². The summed E-state index contributed by atoms with van der Waals surface area (Å²) in [6.45, 7) is 9.13. The van der Waals surface area contributed by atoms with E-state index in [-0.39, 0.29) is 5.54 Å². The number of morpholine rings is 1. The molecule has 18 heavy (non-hydrogen) atoms. The predicted octanol–water partition coefficient (Wildman–Crippen LogP) is 2.02. The summed E-state index contributed by atoms with van der Waals surface area (Å²) in [5.74, 6) is 0. The van der Waals surface area contributed by atoms with Gasteiger partial charge in [0.15, 0.2) is 0 Å². The van der Waals surface area contributed by atoms with Crippen molar-refractivity contribution in [3.8, 4) is 0 Å². The minimum atomic E-state index is 0.130. The Morgan fingerprint density at radius 2 is 2.00 bits per heavy atom. The largest absolute Gasteiger partial charge is 0.378 e.